The fraction of sp³-hybridized carbons (Fsp3) is 0. The van der Waals surface area contributed by atoms with Crippen LogP contribution in [0.15, 0.2) is 30.6 Å². The molecule has 0 saturated carbocycles. The van der Waals surface area contributed by atoms with E-state index in [9.17, 15) is 9.18 Å². The van der Waals surface area contributed by atoms with Crippen molar-refractivity contribution in [2.75, 3.05) is 0 Å². The number of carbonyl (C=O) groups is 1. The van der Waals surface area contributed by atoms with Crippen molar-refractivity contribution < 1.29 is 19.0 Å². The van der Waals surface area contributed by atoms with E-state index in [0.29, 0.717) is 0 Å². The molecular weight excluding hydrogens is 263 g/mol. The monoisotopic (exact) mass is 268 g/mol. The molecule has 7 heteroatoms. The zero-order valence-corrected chi connectivity index (χ0v) is 9.56. The summed E-state index contributed by atoms with van der Waals surface area (Å²) in [5.74, 6) is -1.56. The lowest BCUT2D eigenvalue weighted by Crippen LogP contribution is -2.01. The van der Waals surface area contributed by atoms with Gasteiger partial charge in [-0.3, -0.25) is 0 Å². The smallest absolute Gasteiger partial charge is 0.356 e. The third-order valence-electron chi connectivity index (χ3n) is 1.96. The Bertz CT molecular complexity index is 589. The molecule has 1 aromatic carbocycles. The number of hydrogen-bond acceptors (Lipinski definition) is 4. The van der Waals surface area contributed by atoms with E-state index in [4.69, 9.17) is 21.4 Å². The van der Waals surface area contributed by atoms with Gasteiger partial charge in [-0.25, -0.2) is 19.2 Å². The average Bonchev–Trinajstić information content (AvgIpc) is 2.34. The van der Waals surface area contributed by atoms with E-state index >= 15 is 0 Å². The molecule has 1 aromatic heterocycles. The van der Waals surface area contributed by atoms with Crippen LogP contribution in [0.2, 0.25) is 5.02 Å². The van der Waals surface area contributed by atoms with Gasteiger partial charge in [0.25, 0.3) is 0 Å². The molecule has 2 aromatic rings. The second kappa shape index (κ2) is 4.97. The van der Waals surface area contributed by atoms with Crippen molar-refractivity contribution in [3.8, 4) is 11.6 Å². The van der Waals surface area contributed by atoms with Gasteiger partial charge in [0, 0.05) is 6.07 Å². The molecule has 0 saturated heterocycles. The molecule has 0 fully saturated rings. The molecule has 18 heavy (non-hydrogen) atoms. The molecular formula is C11H6ClFN2O3. The molecule has 0 aliphatic carbocycles. The Kier molecular flexibility index (Phi) is 3.38. The Morgan fingerprint density at radius 1 is 1.33 bits per heavy atom. The maximum atomic E-state index is 13.1. The minimum atomic E-state index is -1.19. The average molecular weight is 269 g/mol. The standard InChI is InChI=1S/C11H6ClFN2O3/c12-7-2-1-6(3-8(7)13)18-10-5-14-9(4-15-10)11(16)17/h1-5H,(H,16,17). The Morgan fingerprint density at radius 3 is 2.67 bits per heavy atom. The summed E-state index contributed by atoms with van der Waals surface area (Å²) < 4.78 is 18.3. The summed E-state index contributed by atoms with van der Waals surface area (Å²) in [6, 6.07) is 3.89. The summed E-state index contributed by atoms with van der Waals surface area (Å²) in [6.45, 7) is 0. The zero-order chi connectivity index (χ0) is 13.1. The van der Waals surface area contributed by atoms with E-state index in [1.54, 1.807) is 0 Å². The highest BCUT2D eigenvalue weighted by Crippen LogP contribution is 2.23. The van der Waals surface area contributed by atoms with Crippen LogP contribution in [-0.4, -0.2) is 21.0 Å². The van der Waals surface area contributed by atoms with E-state index < -0.39 is 11.8 Å². The van der Waals surface area contributed by atoms with Gasteiger partial charge in [0.1, 0.15) is 11.6 Å². The fourth-order valence-corrected chi connectivity index (χ4v) is 1.26. The molecule has 1 heterocycles. The van der Waals surface area contributed by atoms with Gasteiger partial charge in [-0.2, -0.15) is 0 Å². The SMILES string of the molecule is O=C(O)c1cnc(Oc2ccc(Cl)c(F)c2)cn1. The van der Waals surface area contributed by atoms with Gasteiger partial charge in [0.15, 0.2) is 5.69 Å². The Balaban J connectivity index is 2.18. The predicted molar refractivity (Wildman–Crippen MR) is 60.5 cm³/mol. The fourth-order valence-electron chi connectivity index (χ4n) is 1.14. The van der Waals surface area contributed by atoms with Crippen LogP contribution < -0.4 is 4.74 Å². The first kappa shape index (κ1) is 12.3. The van der Waals surface area contributed by atoms with Crippen molar-refractivity contribution in [1.29, 1.82) is 0 Å². The highest BCUT2D eigenvalue weighted by molar-refractivity contribution is 6.30. The molecule has 0 bridgehead atoms. The molecule has 2 rings (SSSR count). The summed E-state index contributed by atoms with van der Waals surface area (Å²) in [4.78, 5) is 17.9. The van der Waals surface area contributed by atoms with Crippen LogP contribution in [0.4, 0.5) is 4.39 Å². The minimum absolute atomic E-state index is 0.0188. The summed E-state index contributed by atoms with van der Waals surface area (Å²) in [7, 11) is 0. The molecule has 0 aliphatic heterocycles. The van der Waals surface area contributed by atoms with Gasteiger partial charge in [0.05, 0.1) is 17.4 Å². The Hall–Kier alpha value is -2.21. The molecule has 0 amide bonds. The number of benzene rings is 1. The Labute approximate surface area is 106 Å². The number of nitrogens with zero attached hydrogens (tertiary/aromatic N) is 2. The van der Waals surface area contributed by atoms with Gasteiger partial charge >= 0.3 is 5.97 Å². The molecule has 0 atom stereocenters. The van der Waals surface area contributed by atoms with E-state index in [0.717, 1.165) is 18.5 Å². The van der Waals surface area contributed by atoms with Crippen LogP contribution in [0.1, 0.15) is 10.5 Å². The predicted octanol–water partition coefficient (Wildman–Crippen LogP) is 2.76. The first-order valence-electron chi connectivity index (χ1n) is 4.74. The summed E-state index contributed by atoms with van der Waals surface area (Å²) in [5, 5.41) is 8.61. The van der Waals surface area contributed by atoms with Gasteiger partial charge in [-0.05, 0) is 12.1 Å². The van der Waals surface area contributed by atoms with Crippen molar-refractivity contribution >= 4 is 17.6 Å². The normalized spacial score (nSPS) is 10.1. The lowest BCUT2D eigenvalue weighted by Gasteiger charge is -2.04. The minimum Gasteiger partial charge on any atom is -0.476 e. The van der Waals surface area contributed by atoms with E-state index in [1.807, 2.05) is 0 Å². The number of hydrogen-bond donors (Lipinski definition) is 1. The molecule has 0 radical (unpaired) electrons. The quantitative estimate of drug-likeness (QED) is 0.927. The molecule has 1 N–H and O–H groups in total. The number of halogens is 2. The van der Waals surface area contributed by atoms with Crippen LogP contribution in [0.3, 0.4) is 0 Å². The first-order valence-corrected chi connectivity index (χ1v) is 5.12. The third kappa shape index (κ3) is 2.72. The van der Waals surface area contributed by atoms with Crippen LogP contribution in [-0.2, 0) is 0 Å². The number of aromatic nitrogens is 2. The van der Waals surface area contributed by atoms with Crippen molar-refractivity contribution in [3.05, 3.63) is 47.1 Å². The van der Waals surface area contributed by atoms with Crippen molar-refractivity contribution in [1.82, 2.24) is 9.97 Å². The van der Waals surface area contributed by atoms with Gasteiger partial charge in [-0.1, -0.05) is 11.6 Å². The number of carboxylic acids is 1. The highest BCUT2D eigenvalue weighted by atomic mass is 35.5. The summed E-state index contributed by atoms with van der Waals surface area (Å²) in [6.07, 6.45) is 2.18. The second-order valence-corrected chi connectivity index (χ2v) is 3.63. The van der Waals surface area contributed by atoms with E-state index in [-0.39, 0.29) is 22.3 Å². The van der Waals surface area contributed by atoms with Crippen LogP contribution >= 0.6 is 11.6 Å². The van der Waals surface area contributed by atoms with Crippen molar-refractivity contribution in [3.63, 3.8) is 0 Å². The second-order valence-electron chi connectivity index (χ2n) is 3.22. The van der Waals surface area contributed by atoms with Gasteiger partial charge < -0.3 is 9.84 Å². The number of aromatic carboxylic acids is 1. The number of ether oxygens (including phenoxy) is 1. The van der Waals surface area contributed by atoms with E-state index in [1.165, 1.54) is 12.1 Å². The number of rotatable bonds is 3. The van der Waals surface area contributed by atoms with E-state index in [2.05, 4.69) is 9.97 Å². The molecule has 0 spiro atoms. The van der Waals surface area contributed by atoms with Gasteiger partial charge in [-0.15, -0.1) is 0 Å². The number of carboxylic acid groups (broad SMARTS) is 1. The maximum Gasteiger partial charge on any atom is 0.356 e. The summed E-state index contributed by atoms with van der Waals surface area (Å²) in [5.41, 5.74) is -0.204. The highest BCUT2D eigenvalue weighted by Gasteiger charge is 2.07. The van der Waals surface area contributed by atoms with Crippen LogP contribution in [0.5, 0.6) is 11.6 Å². The first-order chi connectivity index (χ1) is 8.56. The summed E-state index contributed by atoms with van der Waals surface area (Å²) >= 11 is 5.52. The maximum absolute atomic E-state index is 13.1. The largest absolute Gasteiger partial charge is 0.476 e. The lowest BCUT2D eigenvalue weighted by molar-refractivity contribution is 0.0690. The van der Waals surface area contributed by atoms with Gasteiger partial charge in [0.2, 0.25) is 5.88 Å². The molecule has 5 nitrogen and oxygen atoms in total. The van der Waals surface area contributed by atoms with Crippen LogP contribution in [0, 0.1) is 5.82 Å². The van der Waals surface area contributed by atoms with Crippen molar-refractivity contribution in [2.24, 2.45) is 0 Å². The molecule has 0 unspecified atom stereocenters. The topological polar surface area (TPSA) is 72.3 Å². The molecule has 92 valence electrons. The lowest BCUT2D eigenvalue weighted by atomic mass is 10.3. The molecule has 0 aliphatic rings. The van der Waals surface area contributed by atoms with Crippen LogP contribution in [0.25, 0.3) is 0 Å². The third-order valence-corrected chi connectivity index (χ3v) is 2.27. The Morgan fingerprint density at radius 2 is 2.11 bits per heavy atom. The zero-order valence-electron chi connectivity index (χ0n) is 8.80. The van der Waals surface area contributed by atoms with Crippen molar-refractivity contribution in [2.45, 2.75) is 0 Å².